The average Bonchev–Trinajstić information content (AvgIpc) is 2.36. The van der Waals surface area contributed by atoms with Crippen LogP contribution in [0.4, 0.5) is 0 Å². The number of halogens is 1. The highest BCUT2D eigenvalue weighted by Gasteiger charge is 2.25. The Morgan fingerprint density at radius 1 is 1.33 bits per heavy atom. The first-order valence-electron chi connectivity index (χ1n) is 6.47. The van der Waals surface area contributed by atoms with Crippen LogP contribution < -0.4 is 10.6 Å². The van der Waals surface area contributed by atoms with Crippen LogP contribution in [0.15, 0.2) is 0 Å². The first kappa shape index (κ1) is 17.2. The van der Waals surface area contributed by atoms with E-state index in [4.69, 9.17) is 0 Å². The van der Waals surface area contributed by atoms with E-state index in [-0.39, 0.29) is 36.8 Å². The molecular weight excluding hydrogens is 254 g/mol. The van der Waals surface area contributed by atoms with Crippen LogP contribution in [0.2, 0.25) is 0 Å². The van der Waals surface area contributed by atoms with E-state index in [0.717, 1.165) is 25.8 Å². The number of rotatable bonds is 5. The van der Waals surface area contributed by atoms with Crippen LogP contribution in [0, 0.1) is 0 Å². The standard InChI is InChI=1S/C12H23N3O2.ClH/c1-3-13-11(16)9-15(4-2)12(17)10-7-5-6-8-14-10;/h10,14H,3-9H2,1-2H3,(H,13,16);1H/t10-;/m0./s1. The molecule has 0 aliphatic carbocycles. The first-order valence-corrected chi connectivity index (χ1v) is 6.47. The maximum absolute atomic E-state index is 12.2. The van der Waals surface area contributed by atoms with E-state index in [0.29, 0.717) is 13.1 Å². The van der Waals surface area contributed by atoms with E-state index in [1.165, 1.54) is 0 Å². The highest BCUT2D eigenvalue weighted by molar-refractivity contribution is 5.87. The van der Waals surface area contributed by atoms with Crippen molar-refractivity contribution >= 4 is 24.2 Å². The number of nitrogens with zero attached hydrogens (tertiary/aromatic N) is 1. The fraction of sp³-hybridized carbons (Fsp3) is 0.833. The molecule has 0 radical (unpaired) electrons. The third-order valence-electron chi connectivity index (χ3n) is 3.01. The summed E-state index contributed by atoms with van der Waals surface area (Å²) in [6, 6.07) is -0.0990. The summed E-state index contributed by atoms with van der Waals surface area (Å²) in [6.45, 7) is 6.02. The third-order valence-corrected chi connectivity index (χ3v) is 3.01. The quantitative estimate of drug-likeness (QED) is 0.771. The lowest BCUT2D eigenvalue weighted by atomic mass is 10.0. The van der Waals surface area contributed by atoms with Gasteiger partial charge in [-0.15, -0.1) is 12.4 Å². The maximum Gasteiger partial charge on any atom is 0.240 e. The lowest BCUT2D eigenvalue weighted by Gasteiger charge is -2.28. The van der Waals surface area contributed by atoms with Crippen LogP contribution in [0.1, 0.15) is 33.1 Å². The molecule has 1 fully saturated rings. The molecule has 1 saturated heterocycles. The zero-order valence-electron chi connectivity index (χ0n) is 11.2. The van der Waals surface area contributed by atoms with Crippen molar-refractivity contribution < 1.29 is 9.59 Å². The molecule has 0 aromatic rings. The van der Waals surface area contributed by atoms with Crippen LogP contribution in [0.3, 0.4) is 0 Å². The van der Waals surface area contributed by atoms with E-state index < -0.39 is 0 Å². The smallest absolute Gasteiger partial charge is 0.240 e. The van der Waals surface area contributed by atoms with E-state index in [1.807, 2.05) is 13.8 Å². The molecule has 2 amide bonds. The summed E-state index contributed by atoms with van der Waals surface area (Å²) < 4.78 is 0. The highest BCUT2D eigenvalue weighted by atomic mass is 35.5. The summed E-state index contributed by atoms with van der Waals surface area (Å²) in [4.78, 5) is 25.2. The molecule has 0 aromatic carbocycles. The summed E-state index contributed by atoms with van der Waals surface area (Å²) in [5, 5.41) is 5.93. The number of nitrogens with one attached hydrogen (secondary N) is 2. The van der Waals surface area contributed by atoms with E-state index >= 15 is 0 Å². The van der Waals surface area contributed by atoms with E-state index in [1.54, 1.807) is 4.90 Å². The number of amides is 2. The average molecular weight is 278 g/mol. The normalized spacial score (nSPS) is 18.7. The predicted octanol–water partition coefficient (Wildman–Crippen LogP) is 0.535. The fourth-order valence-electron chi connectivity index (χ4n) is 2.05. The van der Waals surface area contributed by atoms with Gasteiger partial charge >= 0.3 is 0 Å². The lowest BCUT2D eigenvalue weighted by Crippen LogP contribution is -2.51. The Labute approximate surface area is 115 Å². The SMILES string of the molecule is CCNC(=O)CN(CC)C(=O)[C@@H]1CCCCN1.Cl. The minimum absolute atomic E-state index is 0. The van der Waals surface area contributed by atoms with Crippen molar-refractivity contribution in [3.05, 3.63) is 0 Å². The second kappa shape index (κ2) is 9.16. The molecule has 2 N–H and O–H groups in total. The molecular formula is C12H24ClN3O2. The predicted molar refractivity (Wildman–Crippen MR) is 73.8 cm³/mol. The van der Waals surface area contributed by atoms with Crippen molar-refractivity contribution in [1.29, 1.82) is 0 Å². The first-order chi connectivity index (χ1) is 8.19. The highest BCUT2D eigenvalue weighted by Crippen LogP contribution is 2.09. The van der Waals surface area contributed by atoms with Gasteiger partial charge in [-0.05, 0) is 33.2 Å². The van der Waals surface area contributed by atoms with Gasteiger partial charge in [-0.25, -0.2) is 0 Å². The zero-order valence-corrected chi connectivity index (χ0v) is 12.0. The van der Waals surface area contributed by atoms with Crippen molar-refractivity contribution in [2.75, 3.05) is 26.2 Å². The molecule has 0 bridgehead atoms. The summed E-state index contributed by atoms with van der Waals surface area (Å²) >= 11 is 0. The summed E-state index contributed by atoms with van der Waals surface area (Å²) in [7, 11) is 0. The second-order valence-electron chi connectivity index (χ2n) is 4.31. The molecule has 1 heterocycles. The molecule has 6 heteroatoms. The number of piperidine rings is 1. The lowest BCUT2D eigenvalue weighted by molar-refractivity contribution is -0.138. The number of hydrogen-bond donors (Lipinski definition) is 2. The largest absolute Gasteiger partial charge is 0.355 e. The van der Waals surface area contributed by atoms with E-state index in [2.05, 4.69) is 10.6 Å². The fourth-order valence-corrected chi connectivity index (χ4v) is 2.05. The van der Waals surface area contributed by atoms with Crippen LogP contribution in [0.25, 0.3) is 0 Å². The van der Waals surface area contributed by atoms with Gasteiger partial charge in [0.2, 0.25) is 11.8 Å². The molecule has 1 aliphatic rings. The number of hydrogen-bond acceptors (Lipinski definition) is 3. The van der Waals surface area contributed by atoms with Gasteiger partial charge in [-0.3, -0.25) is 9.59 Å². The van der Waals surface area contributed by atoms with Crippen molar-refractivity contribution in [3.63, 3.8) is 0 Å². The zero-order chi connectivity index (χ0) is 12.7. The molecule has 0 aromatic heterocycles. The van der Waals surface area contributed by atoms with Gasteiger partial charge in [0.1, 0.15) is 0 Å². The van der Waals surface area contributed by atoms with Crippen molar-refractivity contribution in [2.24, 2.45) is 0 Å². The number of carbonyl (C=O) groups excluding carboxylic acids is 2. The third kappa shape index (κ3) is 5.23. The second-order valence-corrected chi connectivity index (χ2v) is 4.31. The van der Waals surface area contributed by atoms with Gasteiger partial charge < -0.3 is 15.5 Å². The minimum Gasteiger partial charge on any atom is -0.355 e. The van der Waals surface area contributed by atoms with Crippen LogP contribution >= 0.6 is 12.4 Å². The molecule has 0 unspecified atom stereocenters. The molecule has 106 valence electrons. The monoisotopic (exact) mass is 277 g/mol. The van der Waals surface area contributed by atoms with E-state index in [9.17, 15) is 9.59 Å². The van der Waals surface area contributed by atoms with Gasteiger partial charge in [0, 0.05) is 13.1 Å². The molecule has 1 atom stereocenters. The Morgan fingerprint density at radius 2 is 2.06 bits per heavy atom. The minimum atomic E-state index is -0.0990. The van der Waals surface area contributed by atoms with Gasteiger partial charge in [-0.2, -0.15) is 0 Å². The number of likely N-dealkylation sites (N-methyl/N-ethyl adjacent to an activating group) is 2. The molecule has 0 spiro atoms. The maximum atomic E-state index is 12.2. The Hall–Kier alpha value is -0.810. The molecule has 18 heavy (non-hydrogen) atoms. The summed E-state index contributed by atoms with van der Waals surface area (Å²) in [5.41, 5.74) is 0. The Morgan fingerprint density at radius 3 is 2.56 bits per heavy atom. The Bertz CT molecular complexity index is 268. The van der Waals surface area contributed by atoms with Crippen molar-refractivity contribution in [2.45, 2.75) is 39.2 Å². The Balaban J connectivity index is 0.00000289. The van der Waals surface area contributed by atoms with Crippen LogP contribution in [0.5, 0.6) is 0 Å². The molecule has 5 nitrogen and oxygen atoms in total. The number of carbonyl (C=O) groups is 2. The topological polar surface area (TPSA) is 61.4 Å². The van der Waals surface area contributed by atoms with Crippen LogP contribution in [-0.2, 0) is 9.59 Å². The molecule has 1 aliphatic heterocycles. The van der Waals surface area contributed by atoms with Gasteiger partial charge in [0.05, 0.1) is 12.6 Å². The van der Waals surface area contributed by atoms with Crippen molar-refractivity contribution in [1.82, 2.24) is 15.5 Å². The van der Waals surface area contributed by atoms with Crippen LogP contribution in [-0.4, -0.2) is 48.9 Å². The summed E-state index contributed by atoms with van der Waals surface area (Å²) in [5.74, 6) is -0.0306. The molecule has 1 rings (SSSR count). The molecule has 0 saturated carbocycles. The Kier molecular flexibility index (Phi) is 8.75. The van der Waals surface area contributed by atoms with Crippen molar-refractivity contribution in [3.8, 4) is 0 Å². The van der Waals surface area contributed by atoms with Gasteiger partial charge in [0.25, 0.3) is 0 Å². The summed E-state index contributed by atoms with van der Waals surface area (Å²) in [6.07, 6.45) is 3.10. The van der Waals surface area contributed by atoms with Gasteiger partial charge in [0.15, 0.2) is 0 Å². The van der Waals surface area contributed by atoms with Gasteiger partial charge in [-0.1, -0.05) is 6.42 Å².